The Labute approximate surface area is 202 Å². The third-order valence-corrected chi connectivity index (χ3v) is 5.19. The van der Waals surface area contributed by atoms with Crippen LogP contribution in [0.2, 0.25) is 0 Å². The van der Waals surface area contributed by atoms with Crippen molar-refractivity contribution < 1.29 is 29.0 Å². The van der Waals surface area contributed by atoms with Crippen LogP contribution in [-0.4, -0.2) is 47.1 Å². The summed E-state index contributed by atoms with van der Waals surface area (Å²) in [6.45, 7) is 1.55. The standard InChI is InChI=1S/C25H28N4O6/c1-15-19-13-17(34-16-7-3-2-4-8-16)10-11-18(19)23(22(29-15)24(32)28-14-21(30)31)35-25(33)20(27)9-5-6-12-26/h2-4,7-8,10-11,13,20H,5-6,9,12,14,26-27H2,1H3,(H,28,32)(H,30,31)/t20-/m0/s1. The summed E-state index contributed by atoms with van der Waals surface area (Å²) < 4.78 is 11.5. The minimum Gasteiger partial charge on any atom is -0.480 e. The number of para-hydroxylation sites is 1. The highest BCUT2D eigenvalue weighted by Gasteiger charge is 2.25. The van der Waals surface area contributed by atoms with Crippen LogP contribution in [0, 0.1) is 6.92 Å². The number of aromatic nitrogens is 1. The number of carboxylic acid groups (broad SMARTS) is 1. The minimum absolute atomic E-state index is 0.0981. The van der Waals surface area contributed by atoms with E-state index in [2.05, 4.69) is 10.3 Å². The second-order valence-corrected chi connectivity index (χ2v) is 7.89. The number of hydrogen-bond donors (Lipinski definition) is 4. The molecule has 0 unspecified atom stereocenters. The zero-order chi connectivity index (χ0) is 25.4. The van der Waals surface area contributed by atoms with Gasteiger partial charge in [-0.05, 0) is 56.6 Å². The molecule has 6 N–H and O–H groups in total. The van der Waals surface area contributed by atoms with E-state index >= 15 is 0 Å². The maximum Gasteiger partial charge on any atom is 0.328 e. The van der Waals surface area contributed by atoms with Crippen LogP contribution in [0.15, 0.2) is 48.5 Å². The van der Waals surface area contributed by atoms with Crippen LogP contribution in [0.5, 0.6) is 17.2 Å². The van der Waals surface area contributed by atoms with Crippen LogP contribution in [0.3, 0.4) is 0 Å². The smallest absolute Gasteiger partial charge is 0.328 e. The molecule has 1 amide bonds. The van der Waals surface area contributed by atoms with Crippen LogP contribution >= 0.6 is 0 Å². The van der Waals surface area contributed by atoms with E-state index in [4.69, 9.17) is 26.0 Å². The quantitative estimate of drug-likeness (QED) is 0.238. The Hall–Kier alpha value is -4.02. The van der Waals surface area contributed by atoms with E-state index < -0.39 is 30.4 Å². The third-order valence-electron chi connectivity index (χ3n) is 5.19. The van der Waals surface area contributed by atoms with Gasteiger partial charge in [-0.15, -0.1) is 0 Å². The molecule has 0 aliphatic rings. The van der Waals surface area contributed by atoms with Crippen molar-refractivity contribution in [1.29, 1.82) is 0 Å². The van der Waals surface area contributed by atoms with Gasteiger partial charge in [-0.3, -0.25) is 9.59 Å². The predicted molar refractivity (Wildman–Crippen MR) is 129 cm³/mol. The van der Waals surface area contributed by atoms with Gasteiger partial charge in [-0.25, -0.2) is 9.78 Å². The number of aryl methyl sites for hydroxylation is 1. The van der Waals surface area contributed by atoms with E-state index in [0.29, 0.717) is 53.8 Å². The van der Waals surface area contributed by atoms with Crippen molar-refractivity contribution in [3.05, 3.63) is 59.9 Å². The number of benzene rings is 2. The molecule has 0 aliphatic heterocycles. The number of ether oxygens (including phenoxy) is 2. The lowest BCUT2D eigenvalue weighted by Gasteiger charge is -2.17. The molecule has 10 heteroatoms. The molecule has 3 aromatic rings. The molecular weight excluding hydrogens is 452 g/mol. The van der Waals surface area contributed by atoms with Gasteiger partial charge in [0.2, 0.25) is 0 Å². The molecule has 3 rings (SSSR count). The third kappa shape index (κ3) is 6.75. The average Bonchev–Trinajstić information content (AvgIpc) is 2.84. The summed E-state index contributed by atoms with van der Waals surface area (Å²) in [4.78, 5) is 40.7. The normalized spacial score (nSPS) is 11.6. The number of unbranched alkanes of at least 4 members (excludes halogenated alkanes) is 1. The van der Waals surface area contributed by atoms with E-state index in [-0.39, 0.29) is 11.4 Å². The van der Waals surface area contributed by atoms with Crippen LogP contribution < -0.4 is 26.3 Å². The van der Waals surface area contributed by atoms with Gasteiger partial charge in [0.05, 0.1) is 0 Å². The highest BCUT2D eigenvalue weighted by molar-refractivity contribution is 6.04. The Balaban J connectivity index is 2.00. The Morgan fingerprint density at radius 1 is 1.06 bits per heavy atom. The maximum atomic E-state index is 12.7. The number of nitrogens with one attached hydrogen (secondary N) is 1. The molecule has 0 saturated heterocycles. The Morgan fingerprint density at radius 3 is 2.49 bits per heavy atom. The number of amides is 1. The minimum atomic E-state index is -1.22. The zero-order valence-electron chi connectivity index (χ0n) is 19.3. The summed E-state index contributed by atoms with van der Waals surface area (Å²) in [5, 5.41) is 12.2. The second kappa shape index (κ2) is 11.9. The van der Waals surface area contributed by atoms with Gasteiger partial charge < -0.3 is 31.4 Å². The number of esters is 1. The molecule has 0 spiro atoms. The first-order valence-electron chi connectivity index (χ1n) is 11.1. The summed E-state index contributed by atoms with van der Waals surface area (Å²) in [5.41, 5.74) is 11.7. The van der Waals surface area contributed by atoms with Gasteiger partial charge in [0.15, 0.2) is 11.4 Å². The van der Waals surface area contributed by atoms with Crippen LogP contribution in [0.25, 0.3) is 10.8 Å². The SMILES string of the molecule is Cc1nc(C(=O)NCC(=O)O)c(OC(=O)[C@@H](N)CCCCN)c2ccc(Oc3ccccc3)cc12. The van der Waals surface area contributed by atoms with Crippen LogP contribution in [0.1, 0.15) is 35.4 Å². The molecule has 1 heterocycles. The number of fused-ring (bicyclic) bond motifs is 1. The monoisotopic (exact) mass is 480 g/mol. The first-order chi connectivity index (χ1) is 16.8. The lowest BCUT2D eigenvalue weighted by atomic mass is 10.1. The highest BCUT2D eigenvalue weighted by Crippen LogP contribution is 2.34. The zero-order valence-corrected chi connectivity index (χ0v) is 19.3. The van der Waals surface area contributed by atoms with Gasteiger partial charge in [-0.2, -0.15) is 0 Å². The Morgan fingerprint density at radius 2 is 1.80 bits per heavy atom. The van der Waals surface area contributed by atoms with E-state index in [1.807, 2.05) is 30.3 Å². The lowest BCUT2D eigenvalue weighted by Crippen LogP contribution is -2.35. The van der Waals surface area contributed by atoms with Crippen molar-refractivity contribution in [3.8, 4) is 17.2 Å². The van der Waals surface area contributed by atoms with Gasteiger partial charge in [0, 0.05) is 16.5 Å². The van der Waals surface area contributed by atoms with Crippen molar-refractivity contribution in [2.24, 2.45) is 11.5 Å². The average molecular weight is 481 g/mol. The first-order valence-corrected chi connectivity index (χ1v) is 11.1. The summed E-state index contributed by atoms with van der Waals surface area (Å²) in [6, 6.07) is 13.3. The van der Waals surface area contributed by atoms with Crippen molar-refractivity contribution in [3.63, 3.8) is 0 Å². The molecule has 0 bridgehead atoms. The molecule has 2 aromatic carbocycles. The number of carboxylic acids is 1. The molecule has 1 atom stereocenters. The molecule has 35 heavy (non-hydrogen) atoms. The number of hydrogen-bond acceptors (Lipinski definition) is 8. The van der Waals surface area contributed by atoms with Crippen molar-refractivity contribution in [2.45, 2.75) is 32.2 Å². The van der Waals surface area contributed by atoms with Crippen molar-refractivity contribution >= 4 is 28.6 Å². The molecule has 0 fully saturated rings. The highest BCUT2D eigenvalue weighted by atomic mass is 16.5. The summed E-state index contributed by atoms with van der Waals surface area (Å²) >= 11 is 0. The number of carbonyl (C=O) groups is 3. The molecule has 0 aliphatic carbocycles. The van der Waals surface area contributed by atoms with Crippen molar-refractivity contribution in [1.82, 2.24) is 10.3 Å². The molecular formula is C25H28N4O6. The second-order valence-electron chi connectivity index (χ2n) is 7.89. The van der Waals surface area contributed by atoms with E-state index in [1.54, 1.807) is 25.1 Å². The van der Waals surface area contributed by atoms with Gasteiger partial charge in [0.1, 0.15) is 24.1 Å². The fraction of sp³-hybridized carbons (Fsp3) is 0.280. The fourth-order valence-electron chi connectivity index (χ4n) is 3.41. The van der Waals surface area contributed by atoms with Gasteiger partial charge >= 0.3 is 11.9 Å². The predicted octanol–water partition coefficient (Wildman–Crippen LogP) is 2.51. The molecule has 184 valence electrons. The number of aliphatic carboxylic acids is 1. The number of carbonyl (C=O) groups excluding carboxylic acids is 2. The lowest BCUT2D eigenvalue weighted by molar-refractivity contribution is -0.136. The van der Waals surface area contributed by atoms with E-state index in [1.165, 1.54) is 0 Å². The maximum absolute atomic E-state index is 12.7. The molecule has 10 nitrogen and oxygen atoms in total. The molecule has 1 aromatic heterocycles. The first kappa shape index (κ1) is 25.6. The summed E-state index contributed by atoms with van der Waals surface area (Å²) in [5.74, 6) is -1.69. The van der Waals surface area contributed by atoms with Gasteiger partial charge in [-0.1, -0.05) is 24.6 Å². The Kier molecular flexibility index (Phi) is 8.71. The number of nitrogens with zero attached hydrogens (tertiary/aromatic N) is 1. The molecule has 0 radical (unpaired) electrons. The van der Waals surface area contributed by atoms with Crippen molar-refractivity contribution in [2.75, 3.05) is 13.1 Å². The largest absolute Gasteiger partial charge is 0.480 e. The number of rotatable bonds is 11. The number of pyridine rings is 1. The summed E-state index contributed by atoms with van der Waals surface area (Å²) in [6.07, 6.45) is 1.72. The van der Waals surface area contributed by atoms with E-state index in [9.17, 15) is 14.4 Å². The molecule has 0 saturated carbocycles. The van der Waals surface area contributed by atoms with E-state index in [0.717, 1.165) is 0 Å². The topological polar surface area (TPSA) is 167 Å². The van der Waals surface area contributed by atoms with Gasteiger partial charge in [0.25, 0.3) is 5.91 Å². The van der Waals surface area contributed by atoms with Crippen LogP contribution in [0.4, 0.5) is 0 Å². The fourth-order valence-corrected chi connectivity index (χ4v) is 3.41. The Bertz CT molecular complexity index is 1220. The summed E-state index contributed by atoms with van der Waals surface area (Å²) in [7, 11) is 0. The van der Waals surface area contributed by atoms with Crippen LogP contribution in [-0.2, 0) is 9.59 Å². The number of nitrogens with two attached hydrogens (primary N) is 2.